The molecule has 0 fully saturated rings. The lowest BCUT2D eigenvalue weighted by Crippen LogP contribution is -2.57. The van der Waals surface area contributed by atoms with Crippen molar-refractivity contribution in [2.24, 2.45) is 5.92 Å². The van der Waals surface area contributed by atoms with Gasteiger partial charge in [-0.2, -0.15) is 4.72 Å². The van der Waals surface area contributed by atoms with Crippen LogP contribution in [-0.4, -0.2) is 19.5 Å². The third kappa shape index (κ3) is 4.52. The Hall–Kier alpha value is -2.62. The van der Waals surface area contributed by atoms with E-state index in [-0.39, 0.29) is 11.5 Å². The normalized spacial score (nSPS) is 19.5. The Balaban J connectivity index is 1.57. The molecule has 0 radical (unpaired) electrons. The van der Waals surface area contributed by atoms with E-state index < -0.39 is 27.4 Å². The average Bonchev–Trinajstić information content (AvgIpc) is 3.09. The van der Waals surface area contributed by atoms with Gasteiger partial charge >= 0.3 is 0 Å². The summed E-state index contributed by atoms with van der Waals surface area (Å²) in [5.74, 6) is -0.834. The second-order valence-electron chi connectivity index (χ2n) is 8.11. The van der Waals surface area contributed by atoms with Crippen LogP contribution in [0.3, 0.4) is 0 Å². The van der Waals surface area contributed by atoms with Gasteiger partial charge in [-0.15, -0.1) is 0 Å². The Morgan fingerprint density at radius 1 is 1.12 bits per heavy atom. The Morgan fingerprint density at radius 2 is 1.82 bits per heavy atom. The van der Waals surface area contributed by atoms with Crippen LogP contribution < -0.4 is 14.9 Å². The van der Waals surface area contributed by atoms with Crippen molar-refractivity contribution in [1.82, 2.24) is 10.2 Å². The van der Waals surface area contributed by atoms with E-state index in [9.17, 15) is 18.4 Å². The number of amides is 1. The van der Waals surface area contributed by atoms with Gasteiger partial charge in [0.25, 0.3) is 5.91 Å². The first-order valence-corrected chi connectivity index (χ1v) is 12.6. The molecule has 34 heavy (non-hydrogen) atoms. The van der Waals surface area contributed by atoms with Gasteiger partial charge in [-0.3, -0.25) is 10.0 Å². The average molecular weight is 521 g/mol. The van der Waals surface area contributed by atoms with Crippen LogP contribution in [0.4, 0.5) is 0 Å². The highest BCUT2D eigenvalue weighted by atomic mass is 35.5. The number of sulfonamides is 1. The Kier molecular flexibility index (Phi) is 6.89. The molecule has 1 aliphatic rings. The minimum atomic E-state index is -4.14. The molecule has 0 heterocycles. The number of rotatable bonds is 7. The fourth-order valence-corrected chi connectivity index (χ4v) is 6.16. The predicted molar refractivity (Wildman–Crippen MR) is 128 cm³/mol. The number of ether oxygens (including phenoxy) is 1. The standard InChI is InChI=1S/C24H22Cl2N2O5S/c1-15-12-16-4-2-3-5-21(16)24(15,23(29)27-30)28-34(31,32)20-10-8-19(9-11-20)33-14-17-6-7-18(25)13-22(17)26/h2-11,13,15,28,30H,12,14H2,1H3,(H,27,29). The highest BCUT2D eigenvalue weighted by Gasteiger charge is 2.53. The Bertz CT molecular complexity index is 1330. The minimum absolute atomic E-state index is 0.0499. The van der Waals surface area contributed by atoms with Gasteiger partial charge in [0.2, 0.25) is 10.0 Å². The zero-order chi connectivity index (χ0) is 24.5. The summed E-state index contributed by atoms with van der Waals surface area (Å²) in [5, 5.41) is 10.4. The van der Waals surface area contributed by atoms with Crippen molar-refractivity contribution in [2.45, 2.75) is 30.4 Å². The van der Waals surface area contributed by atoms with Crippen LogP contribution in [0.15, 0.2) is 71.6 Å². The molecular formula is C24H22Cl2N2O5S. The van der Waals surface area contributed by atoms with Gasteiger partial charge < -0.3 is 4.74 Å². The van der Waals surface area contributed by atoms with E-state index in [1.807, 2.05) is 12.1 Å². The molecule has 7 nitrogen and oxygen atoms in total. The first kappa shape index (κ1) is 24.5. The smallest absolute Gasteiger partial charge is 0.269 e. The number of carbonyl (C=O) groups excluding carboxylic acids is 1. The zero-order valence-corrected chi connectivity index (χ0v) is 20.4. The number of halogens is 2. The van der Waals surface area contributed by atoms with Gasteiger partial charge in [-0.1, -0.05) is 60.5 Å². The lowest BCUT2D eigenvalue weighted by atomic mass is 9.85. The number of hydroxylamine groups is 1. The van der Waals surface area contributed by atoms with Crippen LogP contribution in [0.2, 0.25) is 10.0 Å². The maximum atomic E-state index is 13.3. The van der Waals surface area contributed by atoms with E-state index in [0.717, 1.165) is 11.1 Å². The Labute approximate surface area is 207 Å². The molecule has 1 amide bonds. The third-order valence-electron chi connectivity index (χ3n) is 6.01. The first-order valence-electron chi connectivity index (χ1n) is 10.4. The van der Waals surface area contributed by atoms with E-state index in [0.29, 0.717) is 27.8 Å². The molecule has 2 unspecified atom stereocenters. The highest BCUT2D eigenvalue weighted by Crippen LogP contribution is 2.42. The van der Waals surface area contributed by atoms with Crippen molar-refractivity contribution < 1.29 is 23.2 Å². The second kappa shape index (κ2) is 9.56. The topological polar surface area (TPSA) is 105 Å². The summed E-state index contributed by atoms with van der Waals surface area (Å²) in [6, 6.07) is 18.0. The van der Waals surface area contributed by atoms with Crippen molar-refractivity contribution in [3.63, 3.8) is 0 Å². The van der Waals surface area contributed by atoms with Crippen molar-refractivity contribution in [1.29, 1.82) is 0 Å². The lowest BCUT2D eigenvalue weighted by molar-refractivity contribution is -0.137. The van der Waals surface area contributed by atoms with Gasteiger partial charge in [-0.05, 0) is 59.9 Å². The van der Waals surface area contributed by atoms with Crippen LogP contribution >= 0.6 is 23.2 Å². The van der Waals surface area contributed by atoms with E-state index in [1.165, 1.54) is 24.3 Å². The summed E-state index contributed by atoms with van der Waals surface area (Å²) in [6.45, 7) is 1.94. The molecule has 0 saturated heterocycles. The van der Waals surface area contributed by atoms with E-state index in [4.69, 9.17) is 27.9 Å². The van der Waals surface area contributed by atoms with Gasteiger partial charge in [0.1, 0.15) is 17.9 Å². The maximum Gasteiger partial charge on any atom is 0.269 e. The van der Waals surface area contributed by atoms with Crippen LogP contribution in [-0.2, 0) is 33.4 Å². The van der Waals surface area contributed by atoms with Gasteiger partial charge in [0, 0.05) is 15.6 Å². The number of hydrogen-bond donors (Lipinski definition) is 3. The molecule has 178 valence electrons. The molecule has 3 aromatic carbocycles. The van der Waals surface area contributed by atoms with Gasteiger partial charge in [-0.25, -0.2) is 13.9 Å². The minimum Gasteiger partial charge on any atom is -0.489 e. The van der Waals surface area contributed by atoms with Crippen LogP contribution in [0.1, 0.15) is 23.6 Å². The molecule has 1 aliphatic carbocycles. The van der Waals surface area contributed by atoms with Crippen molar-refractivity contribution >= 4 is 39.1 Å². The van der Waals surface area contributed by atoms with Crippen LogP contribution in [0.5, 0.6) is 5.75 Å². The van der Waals surface area contributed by atoms with Gasteiger partial charge in [0.05, 0.1) is 4.90 Å². The molecule has 3 N–H and O–H groups in total. The third-order valence-corrected chi connectivity index (χ3v) is 8.08. The van der Waals surface area contributed by atoms with Crippen LogP contribution in [0, 0.1) is 5.92 Å². The van der Waals surface area contributed by atoms with E-state index in [1.54, 1.807) is 42.7 Å². The largest absolute Gasteiger partial charge is 0.489 e. The number of nitrogens with one attached hydrogen (secondary N) is 2. The number of benzene rings is 3. The molecule has 0 aliphatic heterocycles. The highest BCUT2D eigenvalue weighted by molar-refractivity contribution is 7.89. The predicted octanol–water partition coefficient (Wildman–Crippen LogP) is 4.44. The fourth-order valence-electron chi connectivity index (χ4n) is 4.25. The summed E-state index contributed by atoms with van der Waals surface area (Å²) < 4.78 is 34.9. The summed E-state index contributed by atoms with van der Waals surface area (Å²) in [6.07, 6.45) is 0.478. The first-order chi connectivity index (χ1) is 16.2. The molecule has 0 spiro atoms. The quantitative estimate of drug-likeness (QED) is 0.315. The van der Waals surface area contributed by atoms with Crippen molar-refractivity contribution in [3.05, 3.63) is 93.5 Å². The molecule has 4 rings (SSSR count). The molecule has 0 aromatic heterocycles. The van der Waals surface area contributed by atoms with Crippen LogP contribution in [0.25, 0.3) is 0 Å². The molecular weight excluding hydrogens is 499 g/mol. The number of hydrogen-bond acceptors (Lipinski definition) is 5. The van der Waals surface area contributed by atoms with Crippen molar-refractivity contribution in [3.8, 4) is 5.75 Å². The molecule has 3 aromatic rings. The van der Waals surface area contributed by atoms with Gasteiger partial charge in [0.15, 0.2) is 0 Å². The molecule has 0 bridgehead atoms. The number of fused-ring (bicyclic) bond motifs is 1. The second-order valence-corrected chi connectivity index (χ2v) is 10.6. The Morgan fingerprint density at radius 3 is 2.50 bits per heavy atom. The van der Waals surface area contributed by atoms with E-state index >= 15 is 0 Å². The number of carbonyl (C=O) groups is 1. The summed E-state index contributed by atoms with van der Waals surface area (Å²) >= 11 is 12.1. The fraction of sp³-hybridized carbons (Fsp3) is 0.208. The molecule has 2 atom stereocenters. The maximum absolute atomic E-state index is 13.3. The van der Waals surface area contributed by atoms with E-state index in [2.05, 4.69) is 4.72 Å². The molecule has 10 heteroatoms. The van der Waals surface area contributed by atoms with Crippen molar-refractivity contribution in [2.75, 3.05) is 0 Å². The summed E-state index contributed by atoms with van der Waals surface area (Å²) in [4.78, 5) is 12.8. The SMILES string of the molecule is CC1Cc2ccccc2C1(NS(=O)(=O)c1ccc(OCc2ccc(Cl)cc2Cl)cc1)C(=O)NO. The monoisotopic (exact) mass is 520 g/mol. The molecule has 0 saturated carbocycles. The summed E-state index contributed by atoms with van der Waals surface area (Å²) in [7, 11) is -4.14. The zero-order valence-electron chi connectivity index (χ0n) is 18.1. The lowest BCUT2D eigenvalue weighted by Gasteiger charge is -2.33. The summed E-state index contributed by atoms with van der Waals surface area (Å²) in [5.41, 5.74) is 2.07.